The van der Waals surface area contributed by atoms with Crippen molar-refractivity contribution in [2.75, 3.05) is 0 Å². The molecule has 0 spiro atoms. The Morgan fingerprint density at radius 3 is 2.53 bits per heavy atom. The summed E-state index contributed by atoms with van der Waals surface area (Å²) in [6.45, 7) is 5.60. The molecule has 1 N–H and O–H groups in total. The number of pyridine rings is 1. The van der Waals surface area contributed by atoms with Crippen molar-refractivity contribution >= 4 is 11.5 Å². The van der Waals surface area contributed by atoms with Crippen LogP contribution in [0, 0.1) is 0 Å². The zero-order chi connectivity index (χ0) is 13.8. The normalized spacial score (nSPS) is 10.2. The summed E-state index contributed by atoms with van der Waals surface area (Å²) in [4.78, 5) is 15.1. The van der Waals surface area contributed by atoms with Crippen LogP contribution in [0.5, 0.6) is 0 Å². The number of hydrogen-bond acceptors (Lipinski definition) is 2. The second-order valence-corrected chi connectivity index (χ2v) is 4.49. The molecule has 1 aromatic heterocycles. The molecule has 0 amide bonds. The Labute approximate surface area is 112 Å². The molecule has 19 heavy (non-hydrogen) atoms. The third kappa shape index (κ3) is 3.07. The Morgan fingerprint density at radius 2 is 1.95 bits per heavy atom. The average molecular weight is 253 g/mol. The van der Waals surface area contributed by atoms with Crippen LogP contribution in [0.25, 0.3) is 5.57 Å². The van der Waals surface area contributed by atoms with Gasteiger partial charge in [-0.3, -0.25) is 0 Å². The van der Waals surface area contributed by atoms with E-state index in [2.05, 4.69) is 11.6 Å². The first-order valence-electron chi connectivity index (χ1n) is 6.00. The van der Waals surface area contributed by atoms with Gasteiger partial charge in [0, 0.05) is 11.8 Å². The van der Waals surface area contributed by atoms with Gasteiger partial charge >= 0.3 is 5.97 Å². The molecule has 96 valence electrons. The first-order chi connectivity index (χ1) is 9.08. The summed E-state index contributed by atoms with van der Waals surface area (Å²) in [5.74, 6) is -1.02. The van der Waals surface area contributed by atoms with Crippen molar-refractivity contribution in [1.29, 1.82) is 0 Å². The largest absolute Gasteiger partial charge is 0.476 e. The zero-order valence-electron chi connectivity index (χ0n) is 10.8. The van der Waals surface area contributed by atoms with Crippen molar-refractivity contribution in [2.45, 2.75) is 13.3 Å². The lowest BCUT2D eigenvalue weighted by Gasteiger charge is -2.08. The van der Waals surface area contributed by atoms with Gasteiger partial charge in [-0.25, -0.2) is 9.78 Å². The number of rotatable bonds is 4. The molecule has 0 fully saturated rings. The van der Waals surface area contributed by atoms with Crippen molar-refractivity contribution < 1.29 is 9.90 Å². The molecular formula is C16H15NO2. The first kappa shape index (κ1) is 13.0. The molecule has 0 aliphatic carbocycles. The molecule has 2 rings (SSSR count). The fourth-order valence-electron chi connectivity index (χ4n) is 1.93. The van der Waals surface area contributed by atoms with Crippen LogP contribution in [0.15, 0.2) is 49.2 Å². The van der Waals surface area contributed by atoms with Crippen LogP contribution >= 0.6 is 0 Å². The minimum absolute atomic E-state index is 0.0595. The van der Waals surface area contributed by atoms with Crippen molar-refractivity contribution in [3.8, 4) is 0 Å². The summed E-state index contributed by atoms with van der Waals surface area (Å²) in [5, 5.41) is 9.09. The molecule has 0 bridgehead atoms. The monoisotopic (exact) mass is 253 g/mol. The lowest BCUT2D eigenvalue weighted by molar-refractivity contribution is 0.0690. The minimum atomic E-state index is -1.02. The number of carboxylic acids is 1. The van der Waals surface area contributed by atoms with Crippen LogP contribution in [0.3, 0.4) is 0 Å². The Kier molecular flexibility index (Phi) is 3.76. The van der Waals surface area contributed by atoms with Gasteiger partial charge in [0.15, 0.2) is 5.69 Å². The number of allylic oxidation sites excluding steroid dienone is 1. The van der Waals surface area contributed by atoms with Gasteiger partial charge in [-0.2, -0.15) is 0 Å². The zero-order valence-corrected chi connectivity index (χ0v) is 10.8. The van der Waals surface area contributed by atoms with Crippen LogP contribution in [0.1, 0.15) is 34.1 Å². The van der Waals surface area contributed by atoms with E-state index >= 15 is 0 Å². The maximum atomic E-state index is 11.1. The second kappa shape index (κ2) is 5.48. The maximum Gasteiger partial charge on any atom is 0.355 e. The quantitative estimate of drug-likeness (QED) is 0.908. The SMILES string of the molecule is C=C(C)c1cc(Cc2ccccc2)cnc1C(=O)O. The summed E-state index contributed by atoms with van der Waals surface area (Å²) >= 11 is 0. The molecule has 3 heteroatoms. The summed E-state index contributed by atoms with van der Waals surface area (Å²) < 4.78 is 0. The third-order valence-electron chi connectivity index (χ3n) is 2.86. The fraction of sp³-hybridized carbons (Fsp3) is 0.125. The van der Waals surface area contributed by atoms with E-state index in [1.807, 2.05) is 36.4 Å². The highest BCUT2D eigenvalue weighted by molar-refractivity contribution is 5.91. The predicted octanol–water partition coefficient (Wildman–Crippen LogP) is 3.40. The highest BCUT2D eigenvalue weighted by atomic mass is 16.4. The molecule has 0 atom stereocenters. The summed E-state index contributed by atoms with van der Waals surface area (Å²) in [6, 6.07) is 11.8. The van der Waals surface area contributed by atoms with Crippen LogP contribution in [-0.4, -0.2) is 16.1 Å². The van der Waals surface area contributed by atoms with Gasteiger partial charge in [0.05, 0.1) is 0 Å². The van der Waals surface area contributed by atoms with Gasteiger partial charge in [-0.1, -0.05) is 36.9 Å². The fourth-order valence-corrected chi connectivity index (χ4v) is 1.93. The van der Waals surface area contributed by atoms with Crippen molar-refractivity contribution in [1.82, 2.24) is 4.98 Å². The van der Waals surface area contributed by atoms with Crippen LogP contribution in [0.2, 0.25) is 0 Å². The highest BCUT2D eigenvalue weighted by Gasteiger charge is 2.13. The third-order valence-corrected chi connectivity index (χ3v) is 2.86. The van der Waals surface area contributed by atoms with Gasteiger partial charge in [-0.05, 0) is 36.1 Å². The lowest BCUT2D eigenvalue weighted by Crippen LogP contribution is -2.06. The highest BCUT2D eigenvalue weighted by Crippen LogP contribution is 2.19. The molecule has 0 unspecified atom stereocenters. The number of aromatic nitrogens is 1. The molecule has 0 aliphatic heterocycles. The van der Waals surface area contributed by atoms with E-state index in [4.69, 9.17) is 5.11 Å². The Bertz CT molecular complexity index is 618. The average Bonchev–Trinajstić information content (AvgIpc) is 2.39. The number of carbonyl (C=O) groups is 1. The van der Waals surface area contributed by atoms with Crippen LogP contribution < -0.4 is 0 Å². The number of benzene rings is 1. The first-order valence-corrected chi connectivity index (χ1v) is 6.00. The van der Waals surface area contributed by atoms with Crippen molar-refractivity contribution in [2.24, 2.45) is 0 Å². The molecule has 2 aromatic rings. The van der Waals surface area contributed by atoms with E-state index < -0.39 is 5.97 Å². The molecule has 3 nitrogen and oxygen atoms in total. The number of hydrogen-bond donors (Lipinski definition) is 1. The lowest BCUT2D eigenvalue weighted by atomic mass is 10.0. The number of nitrogens with zero attached hydrogens (tertiary/aromatic N) is 1. The smallest absolute Gasteiger partial charge is 0.355 e. The van der Waals surface area contributed by atoms with E-state index in [0.29, 0.717) is 11.1 Å². The Morgan fingerprint density at radius 1 is 1.26 bits per heavy atom. The van der Waals surface area contributed by atoms with Gasteiger partial charge < -0.3 is 5.11 Å². The molecule has 1 heterocycles. The van der Waals surface area contributed by atoms with Crippen molar-refractivity contribution in [3.63, 3.8) is 0 Å². The van der Waals surface area contributed by atoms with Gasteiger partial charge in [0.2, 0.25) is 0 Å². The Hall–Kier alpha value is -2.42. The number of carboxylic acid groups (broad SMARTS) is 1. The van der Waals surface area contributed by atoms with Crippen molar-refractivity contribution in [3.05, 3.63) is 71.6 Å². The summed E-state index contributed by atoms with van der Waals surface area (Å²) in [6.07, 6.45) is 2.34. The van der Waals surface area contributed by atoms with E-state index in [1.54, 1.807) is 13.1 Å². The summed E-state index contributed by atoms with van der Waals surface area (Å²) in [7, 11) is 0. The topological polar surface area (TPSA) is 50.2 Å². The van der Waals surface area contributed by atoms with Gasteiger partial charge in [0.25, 0.3) is 0 Å². The van der Waals surface area contributed by atoms with Crippen LogP contribution in [0.4, 0.5) is 0 Å². The van der Waals surface area contributed by atoms with E-state index in [0.717, 1.165) is 12.0 Å². The van der Waals surface area contributed by atoms with Crippen LogP contribution in [-0.2, 0) is 6.42 Å². The molecular weight excluding hydrogens is 238 g/mol. The molecule has 1 aromatic carbocycles. The summed E-state index contributed by atoms with van der Waals surface area (Å²) in [5.41, 5.74) is 3.51. The van der Waals surface area contributed by atoms with Gasteiger partial charge in [-0.15, -0.1) is 0 Å². The molecule has 0 aliphatic rings. The van der Waals surface area contributed by atoms with E-state index in [-0.39, 0.29) is 5.69 Å². The molecule has 0 saturated carbocycles. The minimum Gasteiger partial charge on any atom is -0.476 e. The van der Waals surface area contributed by atoms with E-state index in [1.165, 1.54) is 5.56 Å². The molecule has 0 radical (unpaired) electrons. The van der Waals surface area contributed by atoms with Gasteiger partial charge in [0.1, 0.15) is 0 Å². The predicted molar refractivity (Wildman–Crippen MR) is 75.2 cm³/mol. The number of aromatic carboxylic acids is 1. The Balaban J connectivity index is 2.36. The maximum absolute atomic E-state index is 11.1. The van der Waals surface area contributed by atoms with E-state index in [9.17, 15) is 4.79 Å². The molecule has 0 saturated heterocycles. The standard InChI is InChI=1S/C16H15NO2/c1-11(2)14-9-13(10-17-15(14)16(18)19)8-12-6-4-3-5-7-12/h3-7,9-10H,1,8H2,2H3,(H,18,19). The second-order valence-electron chi connectivity index (χ2n) is 4.49.